The third-order valence-corrected chi connectivity index (χ3v) is 3.90. The van der Waals surface area contributed by atoms with Crippen LogP contribution in [0.3, 0.4) is 0 Å². The van der Waals surface area contributed by atoms with Crippen molar-refractivity contribution in [1.29, 1.82) is 0 Å². The van der Waals surface area contributed by atoms with Crippen LogP contribution in [0.5, 0.6) is 0 Å². The summed E-state index contributed by atoms with van der Waals surface area (Å²) in [5.74, 6) is 0.329. The Hall–Kier alpha value is -1.71. The van der Waals surface area contributed by atoms with Crippen LogP contribution in [-0.4, -0.2) is 17.6 Å². The molecule has 18 heavy (non-hydrogen) atoms. The molecule has 1 fully saturated rings. The molecule has 0 radical (unpaired) electrons. The summed E-state index contributed by atoms with van der Waals surface area (Å²) in [6.07, 6.45) is 2.95. The fourth-order valence-corrected chi connectivity index (χ4v) is 2.24. The number of rotatable bonds is 5. The van der Waals surface area contributed by atoms with E-state index in [-0.39, 0.29) is 5.41 Å². The second-order valence-corrected chi connectivity index (χ2v) is 5.37. The van der Waals surface area contributed by atoms with Gasteiger partial charge in [0.15, 0.2) is 0 Å². The Labute approximate surface area is 108 Å². The van der Waals surface area contributed by atoms with Gasteiger partial charge in [0.25, 0.3) is 0 Å². The average Bonchev–Trinajstić information content (AvgIpc) is 3.11. The lowest BCUT2D eigenvalue weighted by atomic mass is 10.0. The van der Waals surface area contributed by atoms with Crippen LogP contribution in [-0.2, 0) is 0 Å². The van der Waals surface area contributed by atoms with Gasteiger partial charge in [0.2, 0.25) is 0 Å². The minimum Gasteiger partial charge on any atom is -0.409 e. The third-order valence-electron chi connectivity index (χ3n) is 3.90. The summed E-state index contributed by atoms with van der Waals surface area (Å²) in [7, 11) is 0. The molecule has 0 amide bonds. The summed E-state index contributed by atoms with van der Waals surface area (Å²) in [6, 6.07) is 6.28. The third kappa shape index (κ3) is 2.75. The predicted octanol–water partition coefficient (Wildman–Crippen LogP) is 2.63. The van der Waals surface area contributed by atoms with Gasteiger partial charge in [0.05, 0.1) is 0 Å². The maximum atomic E-state index is 8.63. The van der Waals surface area contributed by atoms with Crippen molar-refractivity contribution in [3.63, 3.8) is 0 Å². The van der Waals surface area contributed by atoms with E-state index in [0.717, 1.165) is 19.4 Å². The smallest absolute Gasteiger partial charge is 0.139 e. The number of amidine groups is 1. The highest BCUT2D eigenvalue weighted by Crippen LogP contribution is 2.48. The van der Waals surface area contributed by atoms with Crippen LogP contribution >= 0.6 is 0 Å². The Morgan fingerprint density at radius 3 is 2.78 bits per heavy atom. The fourth-order valence-electron chi connectivity index (χ4n) is 2.24. The Morgan fingerprint density at radius 2 is 2.17 bits per heavy atom. The van der Waals surface area contributed by atoms with Gasteiger partial charge in [0.1, 0.15) is 5.84 Å². The van der Waals surface area contributed by atoms with Gasteiger partial charge in [-0.1, -0.05) is 17.3 Å². The molecule has 0 saturated heterocycles. The second-order valence-electron chi connectivity index (χ2n) is 5.37. The second kappa shape index (κ2) is 4.88. The molecular formula is C14H21N3O. The molecule has 0 aliphatic heterocycles. The van der Waals surface area contributed by atoms with Crippen LogP contribution in [0, 0.1) is 19.3 Å². The summed E-state index contributed by atoms with van der Waals surface area (Å²) >= 11 is 0. The first kappa shape index (κ1) is 12.7. The summed E-state index contributed by atoms with van der Waals surface area (Å²) in [6.45, 7) is 5.12. The van der Waals surface area contributed by atoms with Crippen molar-refractivity contribution in [1.82, 2.24) is 0 Å². The molecule has 1 aliphatic rings. The molecule has 0 aromatic heterocycles. The molecule has 4 nitrogen and oxygen atoms in total. The van der Waals surface area contributed by atoms with Crippen LogP contribution < -0.4 is 11.1 Å². The Bertz CT molecular complexity index is 464. The lowest BCUT2D eigenvalue weighted by Gasteiger charge is -2.18. The van der Waals surface area contributed by atoms with Crippen molar-refractivity contribution < 1.29 is 5.21 Å². The van der Waals surface area contributed by atoms with Crippen molar-refractivity contribution >= 4 is 11.5 Å². The van der Waals surface area contributed by atoms with Gasteiger partial charge >= 0.3 is 0 Å². The Kier molecular flexibility index (Phi) is 3.45. The predicted molar refractivity (Wildman–Crippen MR) is 74.1 cm³/mol. The number of nitrogens with two attached hydrogens (primary N) is 1. The fraction of sp³-hybridized carbons (Fsp3) is 0.500. The summed E-state index contributed by atoms with van der Waals surface area (Å²) in [5, 5.41) is 15.2. The molecule has 1 aromatic carbocycles. The van der Waals surface area contributed by atoms with E-state index in [9.17, 15) is 0 Å². The number of nitrogens with zero attached hydrogens (tertiary/aromatic N) is 1. The zero-order valence-corrected chi connectivity index (χ0v) is 11.0. The van der Waals surface area contributed by atoms with Gasteiger partial charge in [0, 0.05) is 18.7 Å². The van der Waals surface area contributed by atoms with E-state index in [1.165, 1.54) is 16.8 Å². The van der Waals surface area contributed by atoms with Gasteiger partial charge in [-0.25, -0.2) is 0 Å². The molecule has 0 unspecified atom stereocenters. The Morgan fingerprint density at radius 1 is 1.44 bits per heavy atom. The number of nitrogens with one attached hydrogen (secondary N) is 1. The molecule has 1 aromatic rings. The van der Waals surface area contributed by atoms with Crippen molar-refractivity contribution in [2.45, 2.75) is 33.1 Å². The lowest BCUT2D eigenvalue weighted by Crippen LogP contribution is -2.24. The van der Waals surface area contributed by atoms with E-state index in [1.54, 1.807) is 0 Å². The molecule has 4 N–H and O–H groups in total. The van der Waals surface area contributed by atoms with E-state index in [1.807, 2.05) is 0 Å². The number of benzene rings is 1. The molecular weight excluding hydrogens is 226 g/mol. The zero-order valence-electron chi connectivity index (χ0n) is 11.0. The van der Waals surface area contributed by atoms with E-state index in [4.69, 9.17) is 10.9 Å². The topological polar surface area (TPSA) is 70.6 Å². The summed E-state index contributed by atoms with van der Waals surface area (Å²) in [4.78, 5) is 0. The van der Waals surface area contributed by atoms with E-state index >= 15 is 0 Å². The van der Waals surface area contributed by atoms with E-state index < -0.39 is 0 Å². The van der Waals surface area contributed by atoms with E-state index in [2.05, 4.69) is 42.5 Å². The first-order valence-corrected chi connectivity index (χ1v) is 6.33. The van der Waals surface area contributed by atoms with Crippen LogP contribution in [0.2, 0.25) is 0 Å². The first-order valence-electron chi connectivity index (χ1n) is 6.33. The van der Waals surface area contributed by atoms with Crippen LogP contribution in [0.15, 0.2) is 23.4 Å². The van der Waals surface area contributed by atoms with Crippen LogP contribution in [0.4, 0.5) is 5.69 Å². The summed E-state index contributed by atoms with van der Waals surface area (Å²) < 4.78 is 0. The average molecular weight is 247 g/mol. The Balaban J connectivity index is 1.98. The lowest BCUT2D eigenvalue weighted by molar-refractivity contribution is 0.315. The summed E-state index contributed by atoms with van der Waals surface area (Å²) in [5.41, 5.74) is 9.54. The van der Waals surface area contributed by atoms with Crippen LogP contribution in [0.1, 0.15) is 30.4 Å². The molecule has 0 atom stereocenters. The number of oxime groups is 1. The van der Waals surface area contributed by atoms with Gasteiger partial charge < -0.3 is 16.3 Å². The molecule has 2 rings (SSSR count). The molecule has 1 saturated carbocycles. The highest BCUT2D eigenvalue weighted by Gasteiger charge is 2.43. The zero-order chi connectivity index (χ0) is 13.2. The number of aryl methyl sites for hydroxylation is 1. The maximum absolute atomic E-state index is 8.63. The minimum absolute atomic E-state index is 0.187. The molecule has 0 spiro atoms. The SMILES string of the molecule is Cc1cccc(NCC2(CC(N)=NO)CC2)c1C. The molecule has 0 heterocycles. The quantitative estimate of drug-likeness (QED) is 0.324. The standard InChI is InChI=1S/C14H21N3O/c1-10-4-3-5-12(11(10)2)16-9-14(6-7-14)8-13(15)17-18/h3-5,16,18H,6-9H2,1-2H3,(H2,15,17). The molecule has 98 valence electrons. The van der Waals surface area contributed by atoms with Crippen molar-refractivity contribution in [3.8, 4) is 0 Å². The number of hydrogen-bond acceptors (Lipinski definition) is 3. The van der Waals surface area contributed by atoms with Crippen molar-refractivity contribution in [2.24, 2.45) is 16.3 Å². The highest BCUT2D eigenvalue weighted by atomic mass is 16.4. The number of hydrogen-bond donors (Lipinski definition) is 3. The van der Waals surface area contributed by atoms with Crippen LogP contribution in [0.25, 0.3) is 0 Å². The maximum Gasteiger partial charge on any atom is 0.139 e. The molecule has 0 bridgehead atoms. The first-order chi connectivity index (χ1) is 8.56. The van der Waals surface area contributed by atoms with Gasteiger partial charge in [-0.3, -0.25) is 0 Å². The molecule has 4 heteroatoms. The number of anilines is 1. The van der Waals surface area contributed by atoms with Crippen molar-refractivity contribution in [2.75, 3.05) is 11.9 Å². The van der Waals surface area contributed by atoms with Crippen molar-refractivity contribution in [3.05, 3.63) is 29.3 Å². The van der Waals surface area contributed by atoms with Gasteiger partial charge in [-0.05, 0) is 49.3 Å². The largest absolute Gasteiger partial charge is 0.409 e. The van der Waals surface area contributed by atoms with Gasteiger partial charge in [-0.2, -0.15) is 0 Å². The monoisotopic (exact) mass is 247 g/mol. The minimum atomic E-state index is 0.187. The highest BCUT2D eigenvalue weighted by molar-refractivity contribution is 5.80. The molecule has 1 aliphatic carbocycles. The normalized spacial score (nSPS) is 17.6. The van der Waals surface area contributed by atoms with Gasteiger partial charge in [-0.15, -0.1) is 0 Å². The van der Waals surface area contributed by atoms with E-state index in [0.29, 0.717) is 12.3 Å².